The zero-order valence-electron chi connectivity index (χ0n) is 10.8. The minimum Gasteiger partial charge on any atom is -0.224 e. The molecule has 20 heavy (non-hydrogen) atoms. The largest absolute Gasteiger partial charge is 0.296 e. The van der Waals surface area contributed by atoms with Gasteiger partial charge in [-0.3, -0.25) is 0 Å². The molecule has 2 nitrogen and oxygen atoms in total. The summed E-state index contributed by atoms with van der Waals surface area (Å²) in [7, 11) is 0. The lowest BCUT2D eigenvalue weighted by molar-refractivity contribution is -0.658. The van der Waals surface area contributed by atoms with Crippen LogP contribution in [0.15, 0.2) is 47.6 Å². The number of imidazole rings is 1. The van der Waals surface area contributed by atoms with Crippen LogP contribution >= 0.6 is 11.8 Å². The molecule has 2 aromatic carbocycles. The van der Waals surface area contributed by atoms with E-state index in [-0.39, 0.29) is 0 Å². The van der Waals surface area contributed by atoms with Crippen LogP contribution in [0.2, 0.25) is 0 Å². The molecule has 0 radical (unpaired) electrons. The Balaban J connectivity index is 2.13. The summed E-state index contributed by atoms with van der Waals surface area (Å²) in [6.07, 6.45) is 2.33. The monoisotopic (exact) mass is 275 g/mol. The lowest BCUT2D eigenvalue weighted by Gasteiger charge is -2.12. The standard InChI is InChI=1S/C17H11N2S/c1-3-10-7-18-8-14-19-16-11(9-20-14)4-2-6-13(16)12(5-1)15(10)17(18)19/h1-6,8H,7,9H2/q+1. The van der Waals surface area contributed by atoms with Crippen molar-refractivity contribution in [3.05, 3.63) is 53.7 Å². The highest BCUT2D eigenvalue weighted by Gasteiger charge is 2.33. The summed E-state index contributed by atoms with van der Waals surface area (Å²) < 4.78 is 4.90. The molecule has 0 N–H and O–H groups in total. The van der Waals surface area contributed by atoms with E-state index in [0.717, 1.165) is 12.3 Å². The third-order valence-corrected chi connectivity index (χ3v) is 5.73. The van der Waals surface area contributed by atoms with Gasteiger partial charge in [0.05, 0.1) is 5.39 Å². The van der Waals surface area contributed by atoms with Gasteiger partial charge in [-0.1, -0.05) is 48.2 Å². The van der Waals surface area contributed by atoms with Crippen LogP contribution in [0.5, 0.6) is 0 Å². The quantitative estimate of drug-likeness (QED) is 0.310. The van der Waals surface area contributed by atoms with Gasteiger partial charge in [0.1, 0.15) is 18.3 Å². The second kappa shape index (κ2) is 3.01. The smallest absolute Gasteiger partial charge is 0.224 e. The third-order valence-electron chi connectivity index (χ3n) is 4.69. The lowest BCUT2D eigenvalue weighted by Crippen LogP contribution is -2.28. The molecule has 3 heteroatoms. The highest BCUT2D eigenvalue weighted by molar-refractivity contribution is 7.98. The fourth-order valence-corrected chi connectivity index (χ4v) is 4.97. The Morgan fingerprint density at radius 1 is 1.00 bits per heavy atom. The molecular formula is C17H11N2S+. The van der Waals surface area contributed by atoms with Crippen molar-refractivity contribution < 1.29 is 4.57 Å². The minimum atomic E-state index is 1.02. The molecule has 2 aromatic heterocycles. The van der Waals surface area contributed by atoms with E-state index in [1.807, 2.05) is 11.8 Å². The first kappa shape index (κ1) is 9.83. The Morgan fingerprint density at radius 3 is 2.80 bits per heavy atom. The van der Waals surface area contributed by atoms with Gasteiger partial charge in [0.15, 0.2) is 0 Å². The van der Waals surface area contributed by atoms with Gasteiger partial charge in [-0.25, -0.2) is 4.57 Å². The minimum absolute atomic E-state index is 1.02. The fraction of sp³-hybridized carbons (Fsp3) is 0.118. The second-order valence-electron chi connectivity index (χ2n) is 5.70. The molecule has 0 spiro atoms. The first-order chi connectivity index (χ1) is 9.92. The van der Waals surface area contributed by atoms with E-state index < -0.39 is 0 Å². The number of thioether (sulfide) groups is 1. The zero-order chi connectivity index (χ0) is 12.8. The number of benzene rings is 2. The Labute approximate surface area is 119 Å². The topological polar surface area (TPSA) is 8.29 Å². The average Bonchev–Trinajstić information content (AvgIpc) is 3.01. The SMILES string of the molecule is c1cc2c3c(c1)c1cccc4c1n1c(c[n+](c31)C2)SC4. The summed E-state index contributed by atoms with van der Waals surface area (Å²) in [5.41, 5.74) is 5.72. The van der Waals surface area contributed by atoms with Crippen LogP contribution in [0.4, 0.5) is 0 Å². The van der Waals surface area contributed by atoms with Crippen LogP contribution in [-0.2, 0) is 12.3 Å². The Bertz CT molecular complexity index is 1080. The van der Waals surface area contributed by atoms with Crippen molar-refractivity contribution >= 4 is 39.1 Å². The molecule has 4 aromatic rings. The number of hydrogen-bond donors (Lipinski definition) is 0. The molecule has 6 rings (SSSR count). The van der Waals surface area contributed by atoms with Gasteiger partial charge in [-0.15, -0.1) is 0 Å². The molecule has 2 aliphatic heterocycles. The number of rotatable bonds is 0. The summed E-state index contributed by atoms with van der Waals surface area (Å²) in [6, 6.07) is 13.5. The van der Waals surface area contributed by atoms with Gasteiger partial charge in [-0.05, 0) is 0 Å². The molecule has 0 saturated carbocycles. The Hall–Kier alpha value is -2.00. The molecule has 0 amide bonds. The summed E-state index contributed by atoms with van der Waals surface area (Å²) in [5.74, 6) is 1.08. The Morgan fingerprint density at radius 2 is 1.85 bits per heavy atom. The van der Waals surface area contributed by atoms with E-state index in [4.69, 9.17) is 0 Å². The van der Waals surface area contributed by atoms with E-state index in [0.29, 0.717) is 0 Å². The molecule has 0 aliphatic carbocycles. The molecule has 0 atom stereocenters. The molecule has 0 bridgehead atoms. The molecule has 0 unspecified atom stereocenters. The van der Waals surface area contributed by atoms with Crippen LogP contribution in [0.3, 0.4) is 0 Å². The van der Waals surface area contributed by atoms with Gasteiger partial charge in [0.2, 0.25) is 5.03 Å². The van der Waals surface area contributed by atoms with Crippen molar-refractivity contribution in [2.45, 2.75) is 17.3 Å². The van der Waals surface area contributed by atoms with Crippen molar-refractivity contribution in [3.63, 3.8) is 0 Å². The van der Waals surface area contributed by atoms with Crippen molar-refractivity contribution in [3.8, 4) is 0 Å². The maximum atomic E-state index is 2.48. The summed E-state index contributed by atoms with van der Waals surface area (Å²) in [6.45, 7) is 1.02. The maximum Gasteiger partial charge on any atom is 0.296 e. The highest BCUT2D eigenvalue weighted by atomic mass is 32.2. The van der Waals surface area contributed by atoms with Crippen LogP contribution in [0.1, 0.15) is 11.1 Å². The van der Waals surface area contributed by atoms with E-state index in [1.54, 1.807) is 0 Å². The van der Waals surface area contributed by atoms with Crippen LogP contribution < -0.4 is 4.57 Å². The molecule has 0 fully saturated rings. The second-order valence-corrected chi connectivity index (χ2v) is 6.69. The lowest BCUT2D eigenvalue weighted by atomic mass is 10.0. The average molecular weight is 275 g/mol. The van der Waals surface area contributed by atoms with E-state index >= 15 is 0 Å². The van der Waals surface area contributed by atoms with Crippen molar-refractivity contribution in [2.75, 3.05) is 0 Å². The summed E-state index contributed by atoms with van der Waals surface area (Å²) in [5, 5.41) is 5.65. The maximum absolute atomic E-state index is 2.48. The molecule has 4 heterocycles. The number of nitrogens with zero attached hydrogens (tertiary/aromatic N) is 2. The van der Waals surface area contributed by atoms with Crippen LogP contribution in [0, 0.1) is 0 Å². The van der Waals surface area contributed by atoms with E-state index in [1.165, 1.54) is 43.5 Å². The van der Waals surface area contributed by atoms with Gasteiger partial charge < -0.3 is 0 Å². The van der Waals surface area contributed by atoms with Crippen molar-refractivity contribution in [1.82, 2.24) is 4.40 Å². The van der Waals surface area contributed by atoms with Gasteiger partial charge in [-0.2, -0.15) is 4.40 Å². The van der Waals surface area contributed by atoms with Crippen LogP contribution in [-0.4, -0.2) is 4.40 Å². The Kier molecular flexibility index (Phi) is 1.48. The van der Waals surface area contributed by atoms with Gasteiger partial charge in [0.25, 0.3) is 5.65 Å². The highest BCUT2D eigenvalue weighted by Crippen LogP contribution is 2.41. The molecule has 94 valence electrons. The number of pyridine rings is 1. The van der Waals surface area contributed by atoms with Crippen molar-refractivity contribution in [1.29, 1.82) is 0 Å². The predicted octanol–water partition coefficient (Wildman–Crippen LogP) is 3.50. The van der Waals surface area contributed by atoms with Crippen LogP contribution in [0.25, 0.3) is 27.3 Å². The number of para-hydroxylation sites is 1. The summed E-state index contributed by atoms with van der Waals surface area (Å²) >= 11 is 1.96. The number of aromatic nitrogens is 2. The first-order valence-electron chi connectivity index (χ1n) is 6.95. The normalized spacial score (nSPS) is 15.4. The van der Waals surface area contributed by atoms with Gasteiger partial charge in [0, 0.05) is 27.7 Å². The molecular weight excluding hydrogens is 264 g/mol. The summed E-state index contributed by atoms with van der Waals surface area (Å²) in [4.78, 5) is 0. The fourth-order valence-electron chi connectivity index (χ4n) is 3.92. The first-order valence-corrected chi connectivity index (χ1v) is 7.93. The van der Waals surface area contributed by atoms with Gasteiger partial charge >= 0.3 is 0 Å². The van der Waals surface area contributed by atoms with E-state index in [2.05, 4.69) is 51.6 Å². The molecule has 2 aliphatic rings. The zero-order valence-corrected chi connectivity index (χ0v) is 11.6. The number of fused-ring (bicyclic) bond motifs is 1. The molecule has 0 saturated heterocycles. The van der Waals surface area contributed by atoms with Crippen molar-refractivity contribution in [2.24, 2.45) is 0 Å². The van der Waals surface area contributed by atoms with E-state index in [9.17, 15) is 0 Å². The number of hydrogen-bond acceptors (Lipinski definition) is 1. The third kappa shape index (κ3) is 0.907. The predicted molar refractivity (Wildman–Crippen MR) is 81.3 cm³/mol.